The van der Waals surface area contributed by atoms with Crippen molar-refractivity contribution in [3.05, 3.63) is 32.8 Å². The number of halogens is 3. The van der Waals surface area contributed by atoms with Crippen LogP contribution in [-0.4, -0.2) is 25.6 Å². The summed E-state index contributed by atoms with van der Waals surface area (Å²) in [6, 6.07) is 2.88. The minimum Gasteiger partial charge on any atom is -0.467 e. The number of benzene rings is 1. The van der Waals surface area contributed by atoms with Crippen LogP contribution in [0.5, 0.6) is 0 Å². The minimum absolute atomic E-state index is 0.00309. The minimum atomic E-state index is -0.712. The zero-order chi connectivity index (χ0) is 13.7. The van der Waals surface area contributed by atoms with E-state index in [9.17, 15) is 9.59 Å². The summed E-state index contributed by atoms with van der Waals surface area (Å²) in [6.07, 6.45) is 0. The Morgan fingerprint density at radius 3 is 2.44 bits per heavy atom. The van der Waals surface area contributed by atoms with E-state index in [0.29, 0.717) is 0 Å². The third-order valence-corrected chi connectivity index (χ3v) is 2.97. The molecular weight excluding hydrogens is 304 g/mol. The van der Waals surface area contributed by atoms with Gasteiger partial charge in [-0.05, 0) is 12.1 Å². The van der Waals surface area contributed by atoms with Crippen LogP contribution in [0, 0.1) is 0 Å². The smallest absolute Gasteiger partial charge is 0.334 e. The van der Waals surface area contributed by atoms with Gasteiger partial charge in [0.2, 0.25) is 0 Å². The lowest BCUT2D eigenvalue weighted by Crippen LogP contribution is -2.27. The van der Waals surface area contributed by atoms with Crippen LogP contribution in [0.15, 0.2) is 12.1 Å². The van der Waals surface area contributed by atoms with Gasteiger partial charge in [-0.3, -0.25) is 9.63 Å². The number of carbonyl (C=O) groups is 2. The Kier molecular flexibility index (Phi) is 5.68. The summed E-state index contributed by atoms with van der Waals surface area (Å²) in [5.41, 5.74) is 1.97. The highest BCUT2D eigenvalue weighted by Crippen LogP contribution is 2.31. The predicted molar refractivity (Wildman–Crippen MR) is 66.9 cm³/mol. The standard InChI is InChI=1S/C10H8Cl3NO4/c1-17-7(15)4-18-14-10(16)8-5(11)2-3-6(12)9(8)13/h2-3H,4H2,1H3,(H,14,16). The zero-order valence-electron chi connectivity index (χ0n) is 9.13. The summed E-state index contributed by atoms with van der Waals surface area (Å²) in [5, 5.41) is 0.297. The van der Waals surface area contributed by atoms with E-state index < -0.39 is 18.5 Å². The van der Waals surface area contributed by atoms with Gasteiger partial charge in [0, 0.05) is 0 Å². The van der Waals surface area contributed by atoms with Gasteiger partial charge in [0.05, 0.1) is 27.7 Å². The second-order valence-corrected chi connectivity index (χ2v) is 4.21. The van der Waals surface area contributed by atoms with Crippen LogP contribution in [0.3, 0.4) is 0 Å². The van der Waals surface area contributed by atoms with Gasteiger partial charge >= 0.3 is 5.97 Å². The maximum Gasteiger partial charge on any atom is 0.334 e. The van der Waals surface area contributed by atoms with Crippen LogP contribution < -0.4 is 5.48 Å². The first-order valence-corrected chi connectivity index (χ1v) is 5.73. The Hall–Kier alpha value is -1.01. The molecule has 1 rings (SSSR count). The van der Waals surface area contributed by atoms with Crippen molar-refractivity contribution in [2.24, 2.45) is 0 Å². The lowest BCUT2D eigenvalue weighted by atomic mass is 10.2. The molecule has 1 N–H and O–H groups in total. The molecule has 0 saturated carbocycles. The van der Waals surface area contributed by atoms with Gasteiger partial charge in [-0.25, -0.2) is 10.3 Å². The highest BCUT2D eigenvalue weighted by atomic mass is 35.5. The maximum atomic E-state index is 11.7. The van der Waals surface area contributed by atoms with Gasteiger partial charge in [-0.15, -0.1) is 0 Å². The van der Waals surface area contributed by atoms with Crippen molar-refractivity contribution in [1.82, 2.24) is 5.48 Å². The van der Waals surface area contributed by atoms with Gasteiger partial charge < -0.3 is 4.74 Å². The molecule has 0 unspecified atom stereocenters. The SMILES string of the molecule is COC(=O)CONC(=O)c1c(Cl)ccc(Cl)c1Cl. The summed E-state index contributed by atoms with van der Waals surface area (Å²) >= 11 is 17.4. The third kappa shape index (κ3) is 3.74. The fourth-order valence-electron chi connectivity index (χ4n) is 1.01. The molecule has 0 aliphatic rings. The molecule has 1 aromatic rings. The number of methoxy groups -OCH3 is 1. The fourth-order valence-corrected chi connectivity index (χ4v) is 1.71. The fraction of sp³-hybridized carbons (Fsp3) is 0.200. The molecule has 0 radical (unpaired) electrons. The van der Waals surface area contributed by atoms with Gasteiger partial charge in [-0.2, -0.15) is 0 Å². The summed E-state index contributed by atoms with van der Waals surface area (Å²) in [4.78, 5) is 27.1. The van der Waals surface area contributed by atoms with Crippen LogP contribution in [0.2, 0.25) is 15.1 Å². The van der Waals surface area contributed by atoms with E-state index in [1.165, 1.54) is 19.2 Å². The van der Waals surface area contributed by atoms with E-state index in [1.807, 2.05) is 5.48 Å². The number of hydroxylamine groups is 1. The number of rotatable bonds is 4. The Labute approximate surface area is 118 Å². The lowest BCUT2D eigenvalue weighted by molar-refractivity contribution is -0.147. The Morgan fingerprint density at radius 2 is 1.83 bits per heavy atom. The molecule has 98 valence electrons. The number of hydrogen-bond acceptors (Lipinski definition) is 4. The van der Waals surface area contributed by atoms with Crippen molar-refractivity contribution in [2.75, 3.05) is 13.7 Å². The summed E-state index contributed by atoms with van der Waals surface area (Å²) < 4.78 is 4.32. The molecule has 0 saturated heterocycles. The second-order valence-electron chi connectivity index (χ2n) is 3.01. The Balaban J connectivity index is 2.73. The summed E-state index contributed by atoms with van der Waals surface area (Å²) in [5.74, 6) is -1.35. The normalized spacial score (nSPS) is 10.0. The number of esters is 1. The summed E-state index contributed by atoms with van der Waals surface area (Å²) in [7, 11) is 1.19. The Bertz CT molecular complexity index is 478. The van der Waals surface area contributed by atoms with Crippen LogP contribution in [0.1, 0.15) is 10.4 Å². The third-order valence-electron chi connectivity index (χ3n) is 1.85. The number of ether oxygens (including phenoxy) is 1. The van der Waals surface area contributed by atoms with Crippen LogP contribution in [0.4, 0.5) is 0 Å². The molecule has 1 aromatic carbocycles. The van der Waals surface area contributed by atoms with E-state index in [1.54, 1.807) is 0 Å². The molecule has 0 spiro atoms. The molecule has 0 bridgehead atoms. The molecule has 0 aliphatic carbocycles. The average molecular weight is 313 g/mol. The van der Waals surface area contributed by atoms with E-state index in [4.69, 9.17) is 34.8 Å². The first kappa shape index (κ1) is 15.0. The number of carbonyl (C=O) groups excluding carboxylic acids is 2. The first-order valence-electron chi connectivity index (χ1n) is 4.59. The van der Waals surface area contributed by atoms with Crippen molar-refractivity contribution in [3.63, 3.8) is 0 Å². The molecule has 0 aliphatic heterocycles. The van der Waals surface area contributed by atoms with Gasteiger partial charge in [0.1, 0.15) is 0 Å². The molecule has 5 nitrogen and oxygen atoms in total. The molecule has 1 amide bonds. The van der Waals surface area contributed by atoms with Crippen molar-refractivity contribution < 1.29 is 19.2 Å². The van der Waals surface area contributed by atoms with E-state index in [2.05, 4.69) is 9.57 Å². The number of amides is 1. The predicted octanol–water partition coefficient (Wildman–Crippen LogP) is 2.48. The molecular formula is C10H8Cl3NO4. The topological polar surface area (TPSA) is 64.6 Å². The molecule has 18 heavy (non-hydrogen) atoms. The molecule has 0 atom stereocenters. The lowest BCUT2D eigenvalue weighted by Gasteiger charge is -2.08. The van der Waals surface area contributed by atoms with E-state index >= 15 is 0 Å². The Morgan fingerprint density at radius 1 is 1.22 bits per heavy atom. The monoisotopic (exact) mass is 311 g/mol. The van der Waals surface area contributed by atoms with Gasteiger partial charge in [0.15, 0.2) is 6.61 Å². The van der Waals surface area contributed by atoms with E-state index in [0.717, 1.165) is 0 Å². The van der Waals surface area contributed by atoms with Gasteiger partial charge in [0.25, 0.3) is 5.91 Å². The van der Waals surface area contributed by atoms with Gasteiger partial charge in [-0.1, -0.05) is 34.8 Å². The van der Waals surface area contributed by atoms with Crippen molar-refractivity contribution >= 4 is 46.7 Å². The summed E-state index contributed by atoms with van der Waals surface area (Å²) in [6.45, 7) is -0.432. The van der Waals surface area contributed by atoms with Crippen LogP contribution in [0.25, 0.3) is 0 Å². The molecule has 0 fully saturated rings. The quantitative estimate of drug-likeness (QED) is 0.527. The van der Waals surface area contributed by atoms with Crippen LogP contribution in [-0.2, 0) is 14.4 Å². The average Bonchev–Trinajstić information content (AvgIpc) is 2.34. The van der Waals surface area contributed by atoms with Crippen molar-refractivity contribution in [3.8, 4) is 0 Å². The molecule has 8 heteroatoms. The number of nitrogens with one attached hydrogen (secondary N) is 1. The zero-order valence-corrected chi connectivity index (χ0v) is 11.4. The van der Waals surface area contributed by atoms with Crippen molar-refractivity contribution in [2.45, 2.75) is 0 Å². The van der Waals surface area contributed by atoms with Crippen molar-refractivity contribution in [1.29, 1.82) is 0 Å². The first-order chi connectivity index (χ1) is 8.47. The second kappa shape index (κ2) is 6.80. The number of hydrogen-bond donors (Lipinski definition) is 1. The maximum absolute atomic E-state index is 11.7. The highest BCUT2D eigenvalue weighted by Gasteiger charge is 2.17. The molecule has 0 heterocycles. The highest BCUT2D eigenvalue weighted by molar-refractivity contribution is 6.46. The van der Waals surface area contributed by atoms with Crippen LogP contribution >= 0.6 is 34.8 Å². The molecule has 0 aromatic heterocycles. The largest absolute Gasteiger partial charge is 0.467 e. The van der Waals surface area contributed by atoms with E-state index in [-0.39, 0.29) is 20.6 Å².